The highest BCUT2D eigenvalue weighted by Gasteiger charge is 2.07. The standard InChI is InChI=1S/C15H14O2S/c1-10(15(16)17)8-13-9-14(11(2)18-13)12-6-4-3-5-7-12/h3-9H,1-2H3,(H,16,17). The van der Waals surface area contributed by atoms with Gasteiger partial charge in [-0.25, -0.2) is 4.79 Å². The van der Waals surface area contributed by atoms with Crippen LogP contribution in [0.25, 0.3) is 17.2 Å². The Labute approximate surface area is 110 Å². The summed E-state index contributed by atoms with van der Waals surface area (Å²) >= 11 is 1.62. The number of benzene rings is 1. The molecule has 0 aliphatic carbocycles. The van der Waals surface area contributed by atoms with Gasteiger partial charge in [0.1, 0.15) is 0 Å². The van der Waals surface area contributed by atoms with Crippen molar-refractivity contribution in [3.8, 4) is 11.1 Å². The molecule has 0 spiro atoms. The van der Waals surface area contributed by atoms with Crippen molar-refractivity contribution in [3.05, 3.63) is 51.7 Å². The average molecular weight is 258 g/mol. The van der Waals surface area contributed by atoms with Crippen LogP contribution >= 0.6 is 11.3 Å². The maximum atomic E-state index is 10.8. The van der Waals surface area contributed by atoms with Gasteiger partial charge >= 0.3 is 5.97 Å². The van der Waals surface area contributed by atoms with Crippen molar-refractivity contribution in [1.29, 1.82) is 0 Å². The molecule has 1 aromatic heterocycles. The number of rotatable bonds is 3. The first kappa shape index (κ1) is 12.6. The lowest BCUT2D eigenvalue weighted by atomic mass is 10.1. The summed E-state index contributed by atoms with van der Waals surface area (Å²) in [5, 5.41) is 8.87. The van der Waals surface area contributed by atoms with Crippen LogP contribution in [0.15, 0.2) is 42.0 Å². The van der Waals surface area contributed by atoms with Crippen molar-refractivity contribution in [2.24, 2.45) is 0 Å². The minimum Gasteiger partial charge on any atom is -0.478 e. The molecule has 2 rings (SSSR count). The molecule has 0 saturated heterocycles. The second kappa shape index (κ2) is 5.19. The van der Waals surface area contributed by atoms with Gasteiger partial charge in [0, 0.05) is 15.3 Å². The zero-order chi connectivity index (χ0) is 13.1. The third-order valence-electron chi connectivity index (χ3n) is 2.72. The lowest BCUT2D eigenvalue weighted by Crippen LogP contribution is -1.94. The minimum atomic E-state index is -0.873. The van der Waals surface area contributed by atoms with E-state index in [1.165, 1.54) is 16.0 Å². The Morgan fingerprint density at radius 3 is 2.56 bits per heavy atom. The first-order valence-electron chi connectivity index (χ1n) is 5.65. The predicted molar refractivity (Wildman–Crippen MR) is 75.8 cm³/mol. The normalized spacial score (nSPS) is 11.6. The topological polar surface area (TPSA) is 37.3 Å². The molecule has 0 saturated carbocycles. The lowest BCUT2D eigenvalue weighted by Gasteiger charge is -1.97. The maximum absolute atomic E-state index is 10.8. The van der Waals surface area contributed by atoms with Gasteiger partial charge < -0.3 is 5.11 Å². The van der Waals surface area contributed by atoms with Gasteiger partial charge in [0.05, 0.1) is 0 Å². The zero-order valence-corrected chi connectivity index (χ0v) is 11.1. The SMILES string of the molecule is CC(=Cc1cc(-c2ccccc2)c(C)s1)C(=O)O. The maximum Gasteiger partial charge on any atom is 0.331 e. The molecule has 1 aromatic carbocycles. The van der Waals surface area contributed by atoms with E-state index in [0.29, 0.717) is 5.57 Å². The Hall–Kier alpha value is -1.87. The molecule has 3 heteroatoms. The Morgan fingerprint density at radius 1 is 1.28 bits per heavy atom. The van der Waals surface area contributed by atoms with Gasteiger partial charge in [-0.1, -0.05) is 30.3 Å². The molecule has 2 aromatic rings. The molecule has 92 valence electrons. The quantitative estimate of drug-likeness (QED) is 0.837. The molecule has 1 heterocycles. The van der Waals surface area contributed by atoms with E-state index < -0.39 is 5.97 Å². The Morgan fingerprint density at radius 2 is 1.94 bits per heavy atom. The van der Waals surface area contributed by atoms with E-state index >= 15 is 0 Å². The number of aryl methyl sites for hydroxylation is 1. The molecular formula is C15H14O2S. The van der Waals surface area contributed by atoms with Crippen molar-refractivity contribution in [2.75, 3.05) is 0 Å². The zero-order valence-electron chi connectivity index (χ0n) is 10.3. The van der Waals surface area contributed by atoms with Crippen LogP contribution in [0.3, 0.4) is 0 Å². The monoisotopic (exact) mass is 258 g/mol. The smallest absolute Gasteiger partial charge is 0.331 e. The summed E-state index contributed by atoms with van der Waals surface area (Å²) in [6, 6.07) is 12.2. The summed E-state index contributed by atoms with van der Waals surface area (Å²) < 4.78 is 0. The molecule has 0 radical (unpaired) electrons. The van der Waals surface area contributed by atoms with Crippen molar-refractivity contribution in [3.63, 3.8) is 0 Å². The van der Waals surface area contributed by atoms with Gasteiger partial charge in [-0.3, -0.25) is 0 Å². The highest BCUT2D eigenvalue weighted by atomic mass is 32.1. The number of hydrogen-bond acceptors (Lipinski definition) is 2. The van der Waals surface area contributed by atoms with Crippen molar-refractivity contribution in [1.82, 2.24) is 0 Å². The Bertz CT molecular complexity index is 594. The van der Waals surface area contributed by atoms with Crippen molar-refractivity contribution in [2.45, 2.75) is 13.8 Å². The van der Waals surface area contributed by atoms with Gasteiger partial charge in [-0.15, -0.1) is 11.3 Å². The van der Waals surface area contributed by atoms with E-state index in [0.717, 1.165) is 4.88 Å². The summed E-state index contributed by atoms with van der Waals surface area (Å²) in [6.45, 7) is 3.67. The summed E-state index contributed by atoms with van der Waals surface area (Å²) in [7, 11) is 0. The van der Waals surface area contributed by atoms with E-state index in [2.05, 4.69) is 19.1 Å². The average Bonchev–Trinajstić information content (AvgIpc) is 2.71. The van der Waals surface area contributed by atoms with Crippen LogP contribution in [0, 0.1) is 6.92 Å². The molecule has 0 unspecified atom stereocenters. The molecule has 0 amide bonds. The Kier molecular flexibility index (Phi) is 3.63. The number of aliphatic carboxylic acids is 1. The van der Waals surface area contributed by atoms with E-state index in [4.69, 9.17) is 5.11 Å². The summed E-state index contributed by atoms with van der Waals surface area (Å²) in [5.74, 6) is -0.873. The summed E-state index contributed by atoms with van der Waals surface area (Å²) in [5.41, 5.74) is 2.69. The second-order valence-electron chi connectivity index (χ2n) is 4.12. The van der Waals surface area contributed by atoms with Crippen molar-refractivity contribution < 1.29 is 9.90 Å². The van der Waals surface area contributed by atoms with Gasteiger partial charge in [0.2, 0.25) is 0 Å². The van der Waals surface area contributed by atoms with Gasteiger partial charge in [0.15, 0.2) is 0 Å². The molecular weight excluding hydrogens is 244 g/mol. The fourth-order valence-corrected chi connectivity index (χ4v) is 2.81. The molecule has 0 fully saturated rings. The molecule has 0 atom stereocenters. The number of carboxylic acids is 1. The van der Waals surface area contributed by atoms with Crippen LogP contribution in [0.4, 0.5) is 0 Å². The van der Waals surface area contributed by atoms with Crippen LogP contribution in [-0.4, -0.2) is 11.1 Å². The highest BCUT2D eigenvalue weighted by Crippen LogP contribution is 2.31. The largest absolute Gasteiger partial charge is 0.478 e. The number of thiophene rings is 1. The highest BCUT2D eigenvalue weighted by molar-refractivity contribution is 7.13. The van der Waals surface area contributed by atoms with E-state index in [9.17, 15) is 4.79 Å². The number of carboxylic acid groups (broad SMARTS) is 1. The first-order valence-corrected chi connectivity index (χ1v) is 6.47. The third kappa shape index (κ3) is 2.68. The minimum absolute atomic E-state index is 0.357. The summed E-state index contributed by atoms with van der Waals surface area (Å²) in [4.78, 5) is 13.0. The molecule has 18 heavy (non-hydrogen) atoms. The lowest BCUT2D eigenvalue weighted by molar-refractivity contribution is -0.132. The van der Waals surface area contributed by atoms with E-state index in [-0.39, 0.29) is 0 Å². The Balaban J connectivity index is 2.40. The first-order chi connectivity index (χ1) is 8.58. The predicted octanol–water partition coefficient (Wildman–Crippen LogP) is 4.21. The number of carbonyl (C=O) groups is 1. The van der Waals surface area contributed by atoms with Gasteiger partial charge in [0.25, 0.3) is 0 Å². The van der Waals surface area contributed by atoms with Crippen LogP contribution in [0.2, 0.25) is 0 Å². The van der Waals surface area contributed by atoms with Crippen LogP contribution in [0.1, 0.15) is 16.7 Å². The molecule has 0 bridgehead atoms. The molecule has 0 aliphatic rings. The number of hydrogen-bond donors (Lipinski definition) is 1. The summed E-state index contributed by atoms with van der Waals surface area (Å²) in [6.07, 6.45) is 1.71. The fourth-order valence-electron chi connectivity index (χ4n) is 1.76. The molecule has 2 nitrogen and oxygen atoms in total. The molecule has 0 aliphatic heterocycles. The van der Waals surface area contributed by atoms with Crippen molar-refractivity contribution >= 4 is 23.4 Å². The second-order valence-corrected chi connectivity index (χ2v) is 5.41. The van der Waals surface area contributed by atoms with Gasteiger partial charge in [-0.05, 0) is 37.1 Å². The van der Waals surface area contributed by atoms with Crippen LogP contribution in [-0.2, 0) is 4.79 Å². The van der Waals surface area contributed by atoms with E-state index in [1.54, 1.807) is 24.3 Å². The van der Waals surface area contributed by atoms with Crippen LogP contribution < -0.4 is 0 Å². The fraction of sp³-hybridized carbons (Fsp3) is 0.133. The van der Waals surface area contributed by atoms with Gasteiger partial charge in [-0.2, -0.15) is 0 Å². The molecule has 1 N–H and O–H groups in total. The van der Waals surface area contributed by atoms with Crippen LogP contribution in [0.5, 0.6) is 0 Å². The third-order valence-corrected chi connectivity index (χ3v) is 3.72. The van der Waals surface area contributed by atoms with E-state index in [1.807, 2.05) is 24.3 Å².